The van der Waals surface area contributed by atoms with Gasteiger partial charge in [0, 0.05) is 26.3 Å². The fourth-order valence-electron chi connectivity index (χ4n) is 2.69. The maximum Gasteiger partial charge on any atom is 0.236 e. The molecule has 1 aromatic carbocycles. The maximum atomic E-state index is 12.0. The third-order valence-corrected chi connectivity index (χ3v) is 3.80. The lowest BCUT2D eigenvalue weighted by Gasteiger charge is -2.20. The zero-order valence-corrected chi connectivity index (χ0v) is 12.3. The molecular weight excluding hydrogens is 252 g/mol. The van der Waals surface area contributed by atoms with Crippen molar-refractivity contribution in [1.29, 1.82) is 0 Å². The molecule has 0 radical (unpaired) electrons. The molecule has 0 bridgehead atoms. The highest BCUT2D eigenvalue weighted by Gasteiger charge is 2.24. The Kier molecular flexibility index (Phi) is 5.56. The number of carbonyl (C=O) groups is 1. The average Bonchev–Trinajstić information content (AvgIpc) is 2.87. The first-order valence-electron chi connectivity index (χ1n) is 7.33. The molecule has 0 aliphatic heterocycles. The first-order valence-corrected chi connectivity index (χ1v) is 7.33. The van der Waals surface area contributed by atoms with Gasteiger partial charge in [0.05, 0.1) is 6.04 Å². The van der Waals surface area contributed by atoms with Crippen LogP contribution in [0.5, 0.6) is 0 Å². The van der Waals surface area contributed by atoms with Gasteiger partial charge in [-0.1, -0.05) is 24.3 Å². The molecule has 110 valence electrons. The summed E-state index contributed by atoms with van der Waals surface area (Å²) in [6.07, 6.45) is 3.01. The fraction of sp³-hybridized carbons (Fsp3) is 0.562. The SMILES string of the molecule is COCCCNC(=O)C(C)NC1CCc2ccccc21. The summed E-state index contributed by atoms with van der Waals surface area (Å²) in [6.45, 7) is 3.27. The van der Waals surface area contributed by atoms with Crippen molar-refractivity contribution in [2.24, 2.45) is 0 Å². The van der Waals surface area contributed by atoms with Crippen LogP contribution in [0.2, 0.25) is 0 Å². The molecule has 1 aromatic rings. The number of nitrogens with one attached hydrogen (secondary N) is 2. The quantitative estimate of drug-likeness (QED) is 0.747. The number of aryl methyl sites for hydroxylation is 1. The molecule has 2 rings (SSSR count). The van der Waals surface area contributed by atoms with Crippen LogP contribution in [0, 0.1) is 0 Å². The summed E-state index contributed by atoms with van der Waals surface area (Å²) in [5.74, 6) is 0.0606. The van der Waals surface area contributed by atoms with Crippen LogP contribution < -0.4 is 10.6 Å². The van der Waals surface area contributed by atoms with Crippen molar-refractivity contribution in [3.05, 3.63) is 35.4 Å². The van der Waals surface area contributed by atoms with Gasteiger partial charge in [0.1, 0.15) is 0 Å². The molecule has 2 unspecified atom stereocenters. The summed E-state index contributed by atoms with van der Waals surface area (Å²) < 4.78 is 4.96. The molecule has 1 aliphatic carbocycles. The van der Waals surface area contributed by atoms with Crippen LogP contribution in [-0.4, -0.2) is 32.2 Å². The van der Waals surface area contributed by atoms with Gasteiger partial charge in [-0.15, -0.1) is 0 Å². The average molecular weight is 276 g/mol. The standard InChI is InChI=1S/C16H24N2O2/c1-12(16(19)17-10-5-11-20-2)18-15-9-8-13-6-3-4-7-14(13)15/h3-4,6-7,12,15,18H,5,8-11H2,1-2H3,(H,17,19). The molecule has 2 N–H and O–H groups in total. The van der Waals surface area contributed by atoms with E-state index in [2.05, 4.69) is 34.9 Å². The normalized spacial score (nSPS) is 18.6. The smallest absolute Gasteiger partial charge is 0.236 e. The van der Waals surface area contributed by atoms with Gasteiger partial charge in [-0.3, -0.25) is 10.1 Å². The molecule has 20 heavy (non-hydrogen) atoms. The van der Waals surface area contributed by atoms with Crippen molar-refractivity contribution in [2.45, 2.75) is 38.3 Å². The van der Waals surface area contributed by atoms with Crippen LogP contribution in [0.25, 0.3) is 0 Å². The van der Waals surface area contributed by atoms with Gasteiger partial charge in [0.25, 0.3) is 0 Å². The largest absolute Gasteiger partial charge is 0.385 e. The van der Waals surface area contributed by atoms with E-state index < -0.39 is 0 Å². The van der Waals surface area contributed by atoms with Gasteiger partial charge in [-0.05, 0) is 37.3 Å². The lowest BCUT2D eigenvalue weighted by Crippen LogP contribution is -2.43. The van der Waals surface area contributed by atoms with Crippen molar-refractivity contribution in [3.8, 4) is 0 Å². The highest BCUT2D eigenvalue weighted by molar-refractivity contribution is 5.81. The monoisotopic (exact) mass is 276 g/mol. The summed E-state index contributed by atoms with van der Waals surface area (Å²) in [5.41, 5.74) is 2.74. The Bertz CT molecular complexity index is 448. The van der Waals surface area contributed by atoms with Gasteiger partial charge >= 0.3 is 0 Å². The van der Waals surface area contributed by atoms with Crippen molar-refractivity contribution >= 4 is 5.91 Å². The van der Waals surface area contributed by atoms with E-state index in [9.17, 15) is 4.79 Å². The number of amides is 1. The molecule has 0 saturated heterocycles. The number of hydrogen-bond acceptors (Lipinski definition) is 3. The second kappa shape index (κ2) is 7.41. The number of fused-ring (bicyclic) bond motifs is 1. The molecule has 4 heteroatoms. The van der Waals surface area contributed by atoms with Crippen molar-refractivity contribution in [1.82, 2.24) is 10.6 Å². The molecule has 2 atom stereocenters. The lowest BCUT2D eigenvalue weighted by molar-refractivity contribution is -0.123. The van der Waals surface area contributed by atoms with Crippen LogP contribution in [0.15, 0.2) is 24.3 Å². The molecule has 0 heterocycles. The van der Waals surface area contributed by atoms with Crippen molar-refractivity contribution < 1.29 is 9.53 Å². The highest BCUT2D eigenvalue weighted by Crippen LogP contribution is 2.30. The van der Waals surface area contributed by atoms with E-state index in [0.717, 1.165) is 19.3 Å². The number of hydrogen-bond donors (Lipinski definition) is 2. The van der Waals surface area contributed by atoms with Gasteiger partial charge in [-0.25, -0.2) is 0 Å². The predicted molar refractivity (Wildman–Crippen MR) is 79.6 cm³/mol. The summed E-state index contributed by atoms with van der Waals surface area (Å²) in [6, 6.07) is 8.59. The van der Waals surface area contributed by atoms with Crippen LogP contribution in [0.1, 0.15) is 36.9 Å². The molecule has 4 nitrogen and oxygen atoms in total. The Hall–Kier alpha value is -1.39. The van der Waals surface area contributed by atoms with E-state index in [1.807, 2.05) is 6.92 Å². The first kappa shape index (κ1) is 15.0. The van der Waals surface area contributed by atoms with Crippen molar-refractivity contribution in [2.75, 3.05) is 20.3 Å². The zero-order chi connectivity index (χ0) is 14.4. The summed E-state index contributed by atoms with van der Waals surface area (Å²) in [7, 11) is 1.67. The van der Waals surface area contributed by atoms with Gasteiger partial charge in [0.15, 0.2) is 0 Å². The van der Waals surface area contributed by atoms with Gasteiger partial charge in [-0.2, -0.15) is 0 Å². The van der Waals surface area contributed by atoms with E-state index in [0.29, 0.717) is 19.2 Å². The molecule has 0 spiro atoms. The van der Waals surface area contributed by atoms with Crippen LogP contribution in [-0.2, 0) is 16.0 Å². The van der Waals surface area contributed by atoms with E-state index in [1.165, 1.54) is 11.1 Å². The Morgan fingerprint density at radius 1 is 1.45 bits per heavy atom. The third kappa shape index (κ3) is 3.81. The number of carbonyl (C=O) groups excluding carboxylic acids is 1. The highest BCUT2D eigenvalue weighted by atomic mass is 16.5. The number of methoxy groups -OCH3 is 1. The van der Waals surface area contributed by atoms with E-state index >= 15 is 0 Å². The third-order valence-electron chi connectivity index (χ3n) is 3.80. The lowest BCUT2D eigenvalue weighted by atomic mass is 10.1. The first-order chi connectivity index (χ1) is 9.72. The number of rotatable bonds is 7. The second-order valence-corrected chi connectivity index (χ2v) is 5.32. The van der Waals surface area contributed by atoms with E-state index in [4.69, 9.17) is 4.74 Å². The number of benzene rings is 1. The Morgan fingerprint density at radius 3 is 3.05 bits per heavy atom. The minimum Gasteiger partial charge on any atom is -0.385 e. The molecule has 1 amide bonds. The topological polar surface area (TPSA) is 50.4 Å². The summed E-state index contributed by atoms with van der Waals surface area (Å²) in [5, 5.41) is 6.37. The zero-order valence-electron chi connectivity index (χ0n) is 12.3. The summed E-state index contributed by atoms with van der Waals surface area (Å²) >= 11 is 0. The summed E-state index contributed by atoms with van der Waals surface area (Å²) in [4.78, 5) is 12.0. The van der Waals surface area contributed by atoms with Gasteiger partial charge in [0.2, 0.25) is 5.91 Å². The van der Waals surface area contributed by atoms with Crippen LogP contribution in [0.4, 0.5) is 0 Å². The Labute approximate surface area is 120 Å². The van der Waals surface area contributed by atoms with Crippen molar-refractivity contribution in [3.63, 3.8) is 0 Å². The minimum atomic E-state index is -0.172. The molecular formula is C16H24N2O2. The number of ether oxygens (including phenoxy) is 1. The minimum absolute atomic E-state index is 0.0606. The second-order valence-electron chi connectivity index (χ2n) is 5.32. The Balaban J connectivity index is 1.80. The Morgan fingerprint density at radius 2 is 2.25 bits per heavy atom. The van der Waals surface area contributed by atoms with Gasteiger partial charge < -0.3 is 10.1 Å². The predicted octanol–water partition coefficient (Wildman–Crippen LogP) is 1.80. The fourth-order valence-corrected chi connectivity index (χ4v) is 2.69. The molecule has 0 saturated carbocycles. The molecule has 0 aromatic heterocycles. The maximum absolute atomic E-state index is 12.0. The van der Waals surface area contributed by atoms with Crippen LogP contribution >= 0.6 is 0 Å². The van der Waals surface area contributed by atoms with E-state index in [1.54, 1.807) is 7.11 Å². The molecule has 0 fully saturated rings. The van der Waals surface area contributed by atoms with E-state index in [-0.39, 0.29) is 11.9 Å². The molecule has 1 aliphatic rings. The van der Waals surface area contributed by atoms with Crippen LogP contribution in [0.3, 0.4) is 0 Å².